The molecule has 7 heteroatoms. The highest BCUT2D eigenvalue weighted by atomic mass is 15.2. The van der Waals surface area contributed by atoms with E-state index in [0.29, 0.717) is 0 Å². The van der Waals surface area contributed by atoms with Crippen molar-refractivity contribution in [3.63, 3.8) is 0 Å². The van der Waals surface area contributed by atoms with E-state index in [0.717, 1.165) is 129 Å². The number of hydrogen-bond donors (Lipinski definition) is 0. The van der Waals surface area contributed by atoms with Gasteiger partial charge in [0.25, 0.3) is 6.71 Å². The Morgan fingerprint density at radius 1 is 0.220 bits per heavy atom. The van der Waals surface area contributed by atoms with Crippen LogP contribution in [0.2, 0.25) is 0 Å². The summed E-state index contributed by atoms with van der Waals surface area (Å²) in [4.78, 5) is 5.43. The lowest BCUT2D eigenvalue weighted by atomic mass is 9.33. The summed E-state index contributed by atoms with van der Waals surface area (Å²) in [5.74, 6) is 0. The maximum absolute atomic E-state index is 2.72. The molecule has 118 heavy (non-hydrogen) atoms. The van der Waals surface area contributed by atoms with E-state index in [2.05, 4.69) is 453 Å². The fraction of sp³-hybridized carbons (Fsp3) is 0.0811. The molecule has 6 heterocycles. The van der Waals surface area contributed by atoms with Crippen LogP contribution in [0.25, 0.3) is 154 Å². The largest absolute Gasteiger partial charge is 0.310 e. The maximum atomic E-state index is 2.72. The lowest BCUT2D eigenvalue weighted by Crippen LogP contribution is -2.61. The molecule has 6 nitrogen and oxygen atoms in total. The molecule has 0 aliphatic carbocycles. The third-order valence-corrected chi connectivity index (χ3v) is 25.4. The van der Waals surface area contributed by atoms with E-state index in [-0.39, 0.29) is 17.5 Å². The maximum Gasteiger partial charge on any atom is 0.252 e. The Balaban J connectivity index is 0.835. The summed E-state index contributed by atoms with van der Waals surface area (Å²) in [5, 5.41) is 9.74. The minimum Gasteiger partial charge on any atom is -0.310 e. The fourth-order valence-corrected chi connectivity index (χ4v) is 20.0. The first-order valence-electron chi connectivity index (χ1n) is 41.4. The first-order valence-corrected chi connectivity index (χ1v) is 41.4. The lowest BCUT2D eigenvalue weighted by molar-refractivity contribution is 0.590. The van der Waals surface area contributed by atoms with Crippen molar-refractivity contribution in [1.82, 2.24) is 18.3 Å². The number of nitrogens with zero attached hydrogens (tertiary/aromatic N) is 6. The quantitative estimate of drug-likeness (QED) is 0.128. The van der Waals surface area contributed by atoms with Gasteiger partial charge in [0.15, 0.2) is 0 Å². The Labute approximate surface area is 687 Å². The van der Waals surface area contributed by atoms with Crippen molar-refractivity contribution in [2.24, 2.45) is 0 Å². The van der Waals surface area contributed by atoms with E-state index in [1.54, 1.807) is 0 Å². The normalized spacial score (nSPS) is 12.8. The summed E-state index contributed by atoms with van der Waals surface area (Å²) in [6, 6.07) is 143. The zero-order chi connectivity index (χ0) is 79.0. The van der Waals surface area contributed by atoms with E-state index in [1.165, 1.54) is 92.7 Å². The number of aryl methyl sites for hydroxylation is 1. The van der Waals surface area contributed by atoms with E-state index in [1.807, 2.05) is 0 Å². The van der Waals surface area contributed by atoms with Crippen LogP contribution in [0.15, 0.2) is 376 Å². The highest BCUT2D eigenvalue weighted by Gasteiger charge is 2.46. The van der Waals surface area contributed by atoms with E-state index < -0.39 is 0 Å². The van der Waals surface area contributed by atoms with E-state index in [9.17, 15) is 0 Å². The molecule has 0 saturated carbocycles. The fourth-order valence-electron chi connectivity index (χ4n) is 20.0. The molecule has 560 valence electrons. The van der Waals surface area contributed by atoms with Crippen LogP contribution >= 0.6 is 0 Å². The van der Waals surface area contributed by atoms with Crippen molar-refractivity contribution in [2.75, 3.05) is 9.80 Å². The first kappa shape index (κ1) is 69.1. The number of para-hydroxylation sites is 6. The molecule has 0 atom stereocenters. The summed E-state index contributed by atoms with van der Waals surface area (Å²) < 4.78 is 9.97. The van der Waals surface area contributed by atoms with Gasteiger partial charge >= 0.3 is 0 Å². The molecule has 0 fully saturated rings. The van der Waals surface area contributed by atoms with Crippen LogP contribution in [0.3, 0.4) is 0 Å². The van der Waals surface area contributed by atoms with Crippen LogP contribution in [0.5, 0.6) is 0 Å². The third-order valence-electron chi connectivity index (χ3n) is 25.4. The van der Waals surface area contributed by atoms with Crippen LogP contribution in [0, 0.1) is 6.92 Å². The average molecular weight is 1510 g/mol. The Morgan fingerprint density at radius 2 is 0.466 bits per heavy atom. The second-order valence-corrected chi connectivity index (χ2v) is 34.5. The van der Waals surface area contributed by atoms with Crippen LogP contribution in [-0.2, 0) is 10.8 Å². The van der Waals surface area contributed by atoms with Crippen LogP contribution in [0.4, 0.5) is 34.1 Å². The number of rotatable bonds is 10. The summed E-state index contributed by atoms with van der Waals surface area (Å²) in [6.07, 6.45) is 0. The zero-order valence-electron chi connectivity index (χ0n) is 67.1. The average Bonchev–Trinajstić information content (AvgIpc) is 0.948. The van der Waals surface area contributed by atoms with Gasteiger partial charge in [-0.05, 0) is 207 Å². The molecule has 2 aliphatic heterocycles. The minimum atomic E-state index is -0.270. The molecule has 23 rings (SSSR count). The molecule has 0 saturated heterocycles. The van der Waals surface area contributed by atoms with Crippen LogP contribution in [-0.4, -0.2) is 25.0 Å². The Bertz CT molecular complexity index is 7040. The number of anilines is 6. The van der Waals surface area contributed by atoms with Crippen LogP contribution in [0.1, 0.15) is 58.2 Å². The summed E-state index contributed by atoms with van der Waals surface area (Å²) in [6.45, 7) is 16.2. The van der Waals surface area contributed by atoms with Crippen molar-refractivity contribution < 1.29 is 0 Å². The molecule has 0 N–H and O–H groups in total. The molecule has 0 amide bonds. The van der Waals surface area contributed by atoms with Gasteiger partial charge in [-0.15, -0.1) is 0 Å². The SMILES string of the molecule is Cc1cc2c3c(c1)N(c1c(-c4ccccc4)cc(C(C)(C)C)cc1-c1ccccc1)c1cc(-n4c5ccccc5c5cc(-n6c7ccccc7c7ccccc76)ccc54)ccc1B3c1ccc(-n3c4ccccc4c4cc(-n5c6ccccc6c6ccccc65)ccc43)cc1N2c1c(-c2ccccc2)cc(C(C)(C)C)cc1-c1ccccc1. The van der Waals surface area contributed by atoms with Crippen molar-refractivity contribution in [3.8, 4) is 67.3 Å². The smallest absolute Gasteiger partial charge is 0.252 e. The minimum absolute atomic E-state index is 0.210. The lowest BCUT2D eigenvalue weighted by Gasteiger charge is -2.46. The van der Waals surface area contributed by atoms with Crippen molar-refractivity contribution in [3.05, 3.63) is 393 Å². The van der Waals surface area contributed by atoms with Crippen LogP contribution < -0.4 is 26.2 Å². The van der Waals surface area contributed by atoms with Gasteiger partial charge in [0.1, 0.15) is 0 Å². The predicted octanol–water partition coefficient (Wildman–Crippen LogP) is 27.7. The molecule has 17 aromatic carbocycles. The first-order chi connectivity index (χ1) is 57.8. The van der Waals surface area contributed by atoms with Gasteiger partial charge in [0.2, 0.25) is 0 Å². The third kappa shape index (κ3) is 10.6. The molecule has 2 aliphatic rings. The van der Waals surface area contributed by atoms with E-state index in [4.69, 9.17) is 0 Å². The van der Waals surface area contributed by atoms with Crippen molar-refractivity contribution in [1.29, 1.82) is 0 Å². The van der Waals surface area contributed by atoms with E-state index >= 15 is 0 Å². The summed E-state index contributed by atoms with van der Waals surface area (Å²) in [7, 11) is 0. The molecule has 4 aromatic heterocycles. The number of aromatic nitrogens is 4. The molecule has 0 radical (unpaired) electrons. The standard InChI is InChI=1S/C111H83BN6/c1-70-60-105-107-106(61-70)118(109-89(73-36-16-10-17-37-73)64-76(111(5,6)7)65-90(109)74-38-18-11-19-39-74)104-69-80(116-100-51-31-25-45-86(100)92-67-78(55-59-102(92)116)114-97-48-28-22-42-83(97)84-43-23-29-49-98(84)114)53-57-94(104)112(107)93-56-52-79(68-103(93)117(105)108-87(71-32-12-8-13-33-71)62-75(110(2,3)4)63-88(108)72-34-14-9-15-35-72)115-99-50-30-24-44-85(99)91-66-77(54-58-101(91)115)113-95-46-26-20-40-81(95)82-41-21-27-47-96(82)113/h8-69H,1-7H3. The van der Waals surface area contributed by atoms with Gasteiger partial charge in [0.05, 0.1) is 55.5 Å². The summed E-state index contributed by atoms with van der Waals surface area (Å²) in [5.41, 5.74) is 36.6. The second kappa shape index (κ2) is 26.3. The van der Waals surface area contributed by atoms with Gasteiger partial charge < -0.3 is 28.1 Å². The molecule has 0 unspecified atom stereocenters. The highest BCUT2D eigenvalue weighted by molar-refractivity contribution is 7.00. The number of benzene rings is 17. The predicted molar refractivity (Wildman–Crippen MR) is 502 cm³/mol. The number of fused-ring (bicyclic) bond motifs is 16. The van der Waals surface area contributed by atoms with Gasteiger partial charge in [0, 0.05) is 111 Å². The number of hydrogen-bond acceptors (Lipinski definition) is 2. The summed E-state index contributed by atoms with van der Waals surface area (Å²) >= 11 is 0. The highest BCUT2D eigenvalue weighted by Crippen LogP contribution is 2.56. The zero-order valence-corrected chi connectivity index (χ0v) is 67.1. The Hall–Kier alpha value is -14.4. The second-order valence-electron chi connectivity index (χ2n) is 34.5. The molecule has 0 spiro atoms. The molecular weight excluding hydrogens is 1430 g/mol. The Kier molecular flexibility index (Phi) is 15.4. The molecular formula is C111H83BN6. The van der Waals surface area contributed by atoms with Gasteiger partial charge in [-0.2, -0.15) is 0 Å². The molecule has 0 bridgehead atoms. The Morgan fingerprint density at radius 3 is 0.754 bits per heavy atom. The topological polar surface area (TPSA) is 26.2 Å². The van der Waals surface area contributed by atoms with Gasteiger partial charge in [-0.25, -0.2) is 0 Å². The van der Waals surface area contributed by atoms with Crippen molar-refractivity contribution >= 4 is 144 Å². The van der Waals surface area contributed by atoms with Gasteiger partial charge in [-0.3, -0.25) is 0 Å². The molecule has 21 aromatic rings. The monoisotopic (exact) mass is 1510 g/mol. The van der Waals surface area contributed by atoms with Gasteiger partial charge in [-0.1, -0.05) is 284 Å². The van der Waals surface area contributed by atoms with Crippen molar-refractivity contribution in [2.45, 2.75) is 59.3 Å².